The van der Waals surface area contributed by atoms with Crippen LogP contribution >= 0.6 is 24.0 Å². The number of nitrogens with one attached hydrogen (secondary N) is 1. The van der Waals surface area contributed by atoms with Crippen LogP contribution in [-0.2, 0) is 4.74 Å². The molecule has 0 aromatic heterocycles. The Morgan fingerprint density at radius 3 is 2.84 bits per heavy atom. The Balaban J connectivity index is 1.97. The zero-order valence-corrected chi connectivity index (χ0v) is 12.7. The molecule has 4 heteroatoms. The number of methoxy groups -OCH3 is 1. The van der Waals surface area contributed by atoms with E-state index in [-0.39, 0.29) is 5.72 Å². The molecule has 1 aromatic rings. The van der Waals surface area contributed by atoms with Gasteiger partial charge in [-0.1, -0.05) is 60.7 Å². The predicted molar refractivity (Wildman–Crippen MR) is 84.2 cm³/mol. The Morgan fingerprint density at radius 1 is 1.32 bits per heavy atom. The van der Waals surface area contributed by atoms with Crippen molar-refractivity contribution in [1.82, 2.24) is 5.32 Å². The molecule has 0 radical (unpaired) electrons. The van der Waals surface area contributed by atoms with Crippen molar-refractivity contribution in [2.24, 2.45) is 5.92 Å². The van der Waals surface area contributed by atoms with Crippen molar-refractivity contribution in [1.29, 1.82) is 0 Å². The van der Waals surface area contributed by atoms with Crippen molar-refractivity contribution in [3.63, 3.8) is 0 Å². The first-order chi connectivity index (χ1) is 9.25. The molecule has 3 atom stereocenters. The maximum Gasteiger partial charge on any atom is 0.143 e. The lowest BCUT2D eigenvalue weighted by Gasteiger charge is -2.50. The van der Waals surface area contributed by atoms with Crippen LogP contribution in [-0.4, -0.2) is 17.2 Å². The number of thiocarbonyl (C=S) groups is 1. The molecule has 0 bridgehead atoms. The molecule has 1 saturated carbocycles. The molecule has 0 spiro atoms. The molecule has 2 fully saturated rings. The SMILES string of the molecule is CO[C@@]12CCCC[C@@H]1[C@H](c1ccccc1)SC(=S)N2. The van der Waals surface area contributed by atoms with E-state index in [4.69, 9.17) is 17.0 Å². The van der Waals surface area contributed by atoms with Gasteiger partial charge in [0.15, 0.2) is 0 Å². The van der Waals surface area contributed by atoms with Gasteiger partial charge in [0, 0.05) is 18.3 Å². The van der Waals surface area contributed by atoms with Crippen molar-refractivity contribution in [2.45, 2.75) is 36.7 Å². The van der Waals surface area contributed by atoms with Crippen molar-refractivity contribution in [3.05, 3.63) is 35.9 Å². The number of hydrogen-bond donors (Lipinski definition) is 1. The van der Waals surface area contributed by atoms with Crippen molar-refractivity contribution >= 4 is 28.3 Å². The van der Waals surface area contributed by atoms with E-state index in [1.54, 1.807) is 11.8 Å². The van der Waals surface area contributed by atoms with Gasteiger partial charge in [0.05, 0.1) is 0 Å². The minimum atomic E-state index is -0.249. The van der Waals surface area contributed by atoms with Crippen molar-refractivity contribution < 1.29 is 4.74 Å². The fourth-order valence-electron chi connectivity index (χ4n) is 3.37. The van der Waals surface area contributed by atoms with Crippen molar-refractivity contribution in [2.75, 3.05) is 7.11 Å². The summed E-state index contributed by atoms with van der Waals surface area (Å²) in [7, 11) is 1.81. The van der Waals surface area contributed by atoms with Gasteiger partial charge < -0.3 is 10.1 Å². The van der Waals surface area contributed by atoms with E-state index >= 15 is 0 Å². The second-order valence-corrected chi connectivity index (χ2v) is 7.13. The lowest BCUT2D eigenvalue weighted by Crippen LogP contribution is -2.59. The van der Waals surface area contributed by atoms with Crippen LogP contribution in [0.1, 0.15) is 36.5 Å². The molecular formula is C15H19NOS2. The molecule has 2 aliphatic rings. The molecule has 1 aliphatic carbocycles. The number of rotatable bonds is 2. The third-order valence-electron chi connectivity index (χ3n) is 4.32. The van der Waals surface area contributed by atoms with Crippen LogP contribution in [0.4, 0.5) is 0 Å². The third kappa shape index (κ3) is 2.41. The Labute approximate surface area is 124 Å². The van der Waals surface area contributed by atoms with Gasteiger partial charge >= 0.3 is 0 Å². The Hall–Kier alpha value is -0.580. The molecule has 0 amide bonds. The van der Waals surface area contributed by atoms with Gasteiger partial charge in [0.1, 0.15) is 10.0 Å². The number of ether oxygens (including phenoxy) is 1. The van der Waals surface area contributed by atoms with Crippen LogP contribution in [0.25, 0.3) is 0 Å². The summed E-state index contributed by atoms with van der Waals surface area (Å²) in [5, 5.41) is 3.87. The molecule has 1 saturated heterocycles. The van der Waals surface area contributed by atoms with Gasteiger partial charge in [-0.05, 0) is 24.8 Å². The first-order valence-corrected chi connectivity index (χ1v) is 8.13. The molecule has 19 heavy (non-hydrogen) atoms. The molecule has 2 nitrogen and oxygen atoms in total. The fraction of sp³-hybridized carbons (Fsp3) is 0.533. The monoisotopic (exact) mass is 293 g/mol. The zero-order valence-electron chi connectivity index (χ0n) is 11.1. The lowest BCUT2D eigenvalue weighted by molar-refractivity contribution is -0.0964. The van der Waals surface area contributed by atoms with Crippen LogP contribution < -0.4 is 5.32 Å². The van der Waals surface area contributed by atoms with E-state index in [1.807, 2.05) is 7.11 Å². The van der Waals surface area contributed by atoms with E-state index in [1.165, 1.54) is 24.8 Å². The molecule has 1 aromatic carbocycles. The number of fused-ring (bicyclic) bond motifs is 1. The summed E-state index contributed by atoms with van der Waals surface area (Å²) in [5.41, 5.74) is 1.12. The standard InChI is InChI=1S/C15H19NOS2/c1-17-15-10-6-5-9-12(15)13(19-14(18)16-15)11-7-3-2-4-8-11/h2-4,7-8,12-13H,5-6,9-10H2,1H3,(H,16,18)/t12-,13+,15+/m1/s1. The Bertz CT molecular complexity index is 464. The van der Waals surface area contributed by atoms with Gasteiger partial charge in [0.2, 0.25) is 0 Å². The average molecular weight is 293 g/mol. The smallest absolute Gasteiger partial charge is 0.143 e. The number of hydrogen-bond acceptors (Lipinski definition) is 3. The summed E-state index contributed by atoms with van der Waals surface area (Å²) in [6.45, 7) is 0. The summed E-state index contributed by atoms with van der Waals surface area (Å²) in [5.74, 6) is 0.491. The van der Waals surface area contributed by atoms with Crippen LogP contribution in [0.2, 0.25) is 0 Å². The molecule has 0 unspecified atom stereocenters. The second kappa shape index (κ2) is 5.43. The number of thioether (sulfide) groups is 1. The van der Waals surface area contributed by atoms with E-state index in [9.17, 15) is 0 Å². The lowest BCUT2D eigenvalue weighted by atomic mass is 9.77. The van der Waals surface area contributed by atoms with Crippen molar-refractivity contribution in [3.8, 4) is 0 Å². The summed E-state index contributed by atoms with van der Waals surface area (Å²) in [4.78, 5) is 0. The third-order valence-corrected chi connectivity index (χ3v) is 5.88. The van der Waals surface area contributed by atoms with Crippen LogP contribution in [0.5, 0.6) is 0 Å². The van der Waals surface area contributed by atoms with Crippen LogP contribution in [0.3, 0.4) is 0 Å². The highest BCUT2D eigenvalue weighted by molar-refractivity contribution is 8.23. The molecule has 1 N–H and O–H groups in total. The second-order valence-electron chi connectivity index (χ2n) is 5.31. The Kier molecular flexibility index (Phi) is 3.83. The van der Waals surface area contributed by atoms with Gasteiger partial charge in [0.25, 0.3) is 0 Å². The summed E-state index contributed by atoms with van der Waals surface area (Å²) < 4.78 is 6.76. The first-order valence-electron chi connectivity index (χ1n) is 6.84. The van der Waals surface area contributed by atoms with Gasteiger partial charge in [-0.3, -0.25) is 0 Å². The summed E-state index contributed by atoms with van der Waals surface area (Å²) >= 11 is 7.24. The maximum atomic E-state index is 5.89. The normalized spacial score (nSPS) is 34.5. The highest BCUT2D eigenvalue weighted by atomic mass is 32.2. The highest BCUT2D eigenvalue weighted by Gasteiger charge is 2.49. The molecular weight excluding hydrogens is 274 g/mol. The van der Waals surface area contributed by atoms with Gasteiger partial charge in [-0.2, -0.15) is 0 Å². The van der Waals surface area contributed by atoms with E-state index in [0.717, 1.165) is 10.7 Å². The quantitative estimate of drug-likeness (QED) is 0.835. The predicted octanol–water partition coefficient (Wildman–Crippen LogP) is 3.88. The zero-order chi connectivity index (χ0) is 13.3. The van der Waals surface area contributed by atoms with Gasteiger partial charge in [-0.25, -0.2) is 0 Å². The number of benzene rings is 1. The molecule has 3 rings (SSSR count). The first kappa shape index (κ1) is 13.4. The minimum absolute atomic E-state index is 0.249. The van der Waals surface area contributed by atoms with E-state index in [2.05, 4.69) is 35.6 Å². The van der Waals surface area contributed by atoms with E-state index < -0.39 is 0 Å². The summed E-state index contributed by atoms with van der Waals surface area (Å²) in [6, 6.07) is 10.7. The van der Waals surface area contributed by atoms with Crippen LogP contribution in [0.15, 0.2) is 30.3 Å². The molecule has 1 aliphatic heterocycles. The van der Waals surface area contributed by atoms with E-state index in [0.29, 0.717) is 11.2 Å². The fourth-order valence-corrected chi connectivity index (χ4v) is 5.13. The topological polar surface area (TPSA) is 21.3 Å². The largest absolute Gasteiger partial charge is 0.359 e. The minimum Gasteiger partial charge on any atom is -0.359 e. The highest BCUT2D eigenvalue weighted by Crippen LogP contribution is 2.51. The summed E-state index contributed by atoms with van der Waals surface area (Å²) in [6.07, 6.45) is 4.76. The Morgan fingerprint density at radius 2 is 2.11 bits per heavy atom. The molecule has 102 valence electrons. The molecule has 1 heterocycles. The average Bonchev–Trinajstić information content (AvgIpc) is 2.47. The van der Waals surface area contributed by atoms with Crippen LogP contribution in [0, 0.1) is 5.92 Å². The maximum absolute atomic E-state index is 5.89. The van der Waals surface area contributed by atoms with Gasteiger partial charge in [-0.15, -0.1) is 0 Å².